The molecule has 31 heavy (non-hydrogen) atoms. The van der Waals surface area contributed by atoms with Crippen molar-refractivity contribution in [2.45, 2.75) is 25.4 Å². The minimum atomic E-state index is -4.09. The Labute approximate surface area is 181 Å². The Hall–Kier alpha value is -2.74. The summed E-state index contributed by atoms with van der Waals surface area (Å²) < 4.78 is 38.6. The highest BCUT2D eigenvalue weighted by atomic mass is 19.4. The second-order valence-corrected chi connectivity index (χ2v) is 7.81. The quantitative estimate of drug-likeness (QED) is 0.317. The Bertz CT molecular complexity index is 857. The summed E-state index contributed by atoms with van der Waals surface area (Å²) in [5.74, 6) is -1.18. The molecule has 8 heteroatoms. The summed E-state index contributed by atoms with van der Waals surface area (Å²) in [7, 11) is 1.92. The van der Waals surface area contributed by atoms with Crippen LogP contribution in [0.3, 0.4) is 0 Å². The number of alkyl halides is 3. The predicted octanol–water partition coefficient (Wildman–Crippen LogP) is 4.82. The zero-order chi connectivity index (χ0) is 22.3. The van der Waals surface area contributed by atoms with Crippen molar-refractivity contribution in [3.63, 3.8) is 0 Å². The monoisotopic (exact) mass is 433 g/mol. The normalized spacial score (nSPS) is 15.5. The summed E-state index contributed by atoms with van der Waals surface area (Å²) in [5, 5.41) is 6.43. The van der Waals surface area contributed by atoms with Gasteiger partial charge in [0.2, 0.25) is 0 Å². The van der Waals surface area contributed by atoms with Crippen LogP contribution in [0.5, 0.6) is 0 Å². The lowest BCUT2D eigenvalue weighted by Gasteiger charge is -2.34. The molecule has 0 aromatic heterocycles. The van der Waals surface area contributed by atoms with Gasteiger partial charge >= 0.3 is 6.18 Å². The molecular formula is C23H30F3N5. The van der Waals surface area contributed by atoms with Gasteiger partial charge in [-0.25, -0.2) is 0 Å². The molecule has 1 aliphatic rings. The van der Waals surface area contributed by atoms with Crippen LogP contribution in [0.2, 0.25) is 0 Å². The molecule has 168 valence electrons. The average molecular weight is 434 g/mol. The van der Waals surface area contributed by atoms with Crippen LogP contribution in [0.1, 0.15) is 24.8 Å². The van der Waals surface area contributed by atoms with E-state index in [0.29, 0.717) is 18.8 Å². The molecule has 0 atom stereocenters. The minimum absolute atomic E-state index is 0.147. The highest BCUT2D eigenvalue weighted by molar-refractivity contribution is 5.89. The standard InChI is InChI=1S/C23H30F3N5/c1-28-11-2-12-29-16-17-15-20(5-8-22(17)27)30-19-3-6-21(7-4-19)31-13-9-18(10-14-31)23(24,25)26/h3-8,15-16,18,28,30H,2,9-14,27H2,1H3. The van der Waals surface area contributed by atoms with Gasteiger partial charge < -0.3 is 21.3 Å². The Morgan fingerprint density at radius 1 is 1.10 bits per heavy atom. The molecule has 1 fully saturated rings. The van der Waals surface area contributed by atoms with E-state index in [1.54, 1.807) is 6.21 Å². The van der Waals surface area contributed by atoms with Gasteiger partial charge in [-0.3, -0.25) is 4.99 Å². The molecular weight excluding hydrogens is 403 g/mol. The van der Waals surface area contributed by atoms with Crippen molar-refractivity contribution in [3.05, 3.63) is 48.0 Å². The van der Waals surface area contributed by atoms with Crippen molar-refractivity contribution in [3.8, 4) is 0 Å². The molecule has 0 amide bonds. The van der Waals surface area contributed by atoms with E-state index in [-0.39, 0.29) is 12.8 Å². The van der Waals surface area contributed by atoms with Crippen molar-refractivity contribution in [2.75, 3.05) is 49.2 Å². The Balaban J connectivity index is 1.58. The molecule has 0 aliphatic carbocycles. The number of halogens is 3. The fourth-order valence-electron chi connectivity index (χ4n) is 3.66. The molecule has 0 saturated carbocycles. The number of nitrogen functional groups attached to an aromatic ring is 1. The Morgan fingerprint density at radius 2 is 1.77 bits per heavy atom. The molecule has 2 aromatic carbocycles. The number of hydrogen-bond acceptors (Lipinski definition) is 5. The van der Waals surface area contributed by atoms with E-state index in [1.165, 1.54) is 0 Å². The summed E-state index contributed by atoms with van der Waals surface area (Å²) >= 11 is 0. The first kappa shape index (κ1) is 22.9. The van der Waals surface area contributed by atoms with Crippen LogP contribution in [-0.2, 0) is 0 Å². The number of anilines is 4. The fraction of sp³-hybridized carbons (Fsp3) is 0.435. The van der Waals surface area contributed by atoms with Crippen LogP contribution in [0.4, 0.5) is 35.9 Å². The first-order chi connectivity index (χ1) is 14.9. The van der Waals surface area contributed by atoms with Crippen molar-refractivity contribution in [1.29, 1.82) is 0 Å². The van der Waals surface area contributed by atoms with E-state index in [4.69, 9.17) is 5.73 Å². The number of nitrogens with two attached hydrogens (primary N) is 1. The number of hydrogen-bond donors (Lipinski definition) is 3. The first-order valence-electron chi connectivity index (χ1n) is 10.6. The van der Waals surface area contributed by atoms with Crippen LogP contribution in [-0.4, -0.2) is 45.6 Å². The third-order valence-corrected chi connectivity index (χ3v) is 5.51. The number of nitrogens with zero attached hydrogens (tertiary/aromatic N) is 2. The second-order valence-electron chi connectivity index (χ2n) is 7.81. The smallest absolute Gasteiger partial charge is 0.391 e. The third-order valence-electron chi connectivity index (χ3n) is 5.51. The summed E-state index contributed by atoms with van der Waals surface area (Å²) in [6.07, 6.45) is -1.04. The van der Waals surface area contributed by atoms with Crippen LogP contribution in [0.25, 0.3) is 0 Å². The first-order valence-corrected chi connectivity index (χ1v) is 10.6. The van der Waals surface area contributed by atoms with Gasteiger partial charge in [-0.15, -0.1) is 0 Å². The third kappa shape index (κ3) is 6.62. The highest BCUT2D eigenvalue weighted by Crippen LogP contribution is 2.35. The van der Waals surface area contributed by atoms with Gasteiger partial charge in [0.1, 0.15) is 0 Å². The zero-order valence-electron chi connectivity index (χ0n) is 17.8. The number of aliphatic imine (C=N–C) groups is 1. The maximum atomic E-state index is 12.9. The molecule has 1 heterocycles. The van der Waals surface area contributed by atoms with Gasteiger partial charge in [0.15, 0.2) is 0 Å². The summed E-state index contributed by atoms with van der Waals surface area (Å²) in [6, 6.07) is 13.5. The molecule has 0 bridgehead atoms. The maximum absolute atomic E-state index is 12.9. The summed E-state index contributed by atoms with van der Waals surface area (Å²) in [4.78, 5) is 6.43. The number of rotatable bonds is 8. The number of piperidine rings is 1. The van der Waals surface area contributed by atoms with Crippen LogP contribution >= 0.6 is 0 Å². The second kappa shape index (κ2) is 10.5. The topological polar surface area (TPSA) is 65.7 Å². The minimum Gasteiger partial charge on any atom is -0.398 e. The number of benzene rings is 2. The van der Waals surface area contributed by atoms with Crippen LogP contribution < -0.4 is 21.3 Å². The summed E-state index contributed by atoms with van der Waals surface area (Å²) in [6.45, 7) is 2.50. The SMILES string of the molecule is CNCCCN=Cc1cc(Nc2ccc(N3CCC(C(F)(F)F)CC3)cc2)ccc1N. The highest BCUT2D eigenvalue weighted by Gasteiger charge is 2.41. The molecule has 0 spiro atoms. The largest absolute Gasteiger partial charge is 0.398 e. The zero-order valence-corrected chi connectivity index (χ0v) is 17.8. The maximum Gasteiger partial charge on any atom is 0.391 e. The van der Waals surface area contributed by atoms with E-state index in [2.05, 4.69) is 15.6 Å². The van der Waals surface area contributed by atoms with E-state index >= 15 is 0 Å². The van der Waals surface area contributed by atoms with Gasteiger partial charge in [0.25, 0.3) is 0 Å². The molecule has 0 unspecified atom stereocenters. The Morgan fingerprint density at radius 3 is 2.42 bits per heavy atom. The lowest BCUT2D eigenvalue weighted by Crippen LogP contribution is -2.38. The predicted molar refractivity (Wildman–Crippen MR) is 123 cm³/mol. The lowest BCUT2D eigenvalue weighted by molar-refractivity contribution is -0.179. The molecule has 5 nitrogen and oxygen atoms in total. The Kier molecular flexibility index (Phi) is 7.79. The molecule has 2 aromatic rings. The van der Waals surface area contributed by atoms with Crippen molar-refractivity contribution in [2.24, 2.45) is 10.9 Å². The van der Waals surface area contributed by atoms with E-state index in [9.17, 15) is 13.2 Å². The fourth-order valence-corrected chi connectivity index (χ4v) is 3.66. The molecule has 1 saturated heterocycles. The van der Waals surface area contributed by atoms with Crippen LogP contribution in [0, 0.1) is 5.92 Å². The molecule has 4 N–H and O–H groups in total. The van der Waals surface area contributed by atoms with Crippen molar-refractivity contribution < 1.29 is 13.2 Å². The van der Waals surface area contributed by atoms with Gasteiger partial charge in [-0.1, -0.05) is 0 Å². The summed E-state index contributed by atoms with van der Waals surface area (Å²) in [5.41, 5.74) is 10.3. The van der Waals surface area contributed by atoms with Gasteiger partial charge in [-0.05, 0) is 75.3 Å². The lowest BCUT2D eigenvalue weighted by atomic mass is 9.96. The van der Waals surface area contributed by atoms with Crippen LogP contribution in [0.15, 0.2) is 47.5 Å². The van der Waals surface area contributed by atoms with E-state index < -0.39 is 12.1 Å². The molecule has 0 radical (unpaired) electrons. The van der Waals surface area contributed by atoms with Crippen molar-refractivity contribution >= 4 is 29.0 Å². The van der Waals surface area contributed by atoms with E-state index in [0.717, 1.165) is 42.1 Å². The van der Waals surface area contributed by atoms with Gasteiger partial charge in [0.05, 0.1) is 5.92 Å². The number of nitrogens with one attached hydrogen (secondary N) is 2. The van der Waals surface area contributed by atoms with E-state index in [1.807, 2.05) is 54.4 Å². The average Bonchev–Trinajstić information content (AvgIpc) is 2.76. The molecule has 3 rings (SSSR count). The van der Waals surface area contributed by atoms with Crippen molar-refractivity contribution in [1.82, 2.24) is 5.32 Å². The van der Waals surface area contributed by atoms with Gasteiger partial charge in [0, 0.05) is 54.2 Å². The molecule has 1 aliphatic heterocycles. The van der Waals surface area contributed by atoms with Gasteiger partial charge in [-0.2, -0.15) is 13.2 Å².